The molecule has 288 valence electrons. The molecule has 1 amide bonds. The molecule has 0 saturated heterocycles. The first-order valence-corrected chi connectivity index (χ1v) is 17.2. The number of carbonyl (C=O) groups is 1. The van der Waals surface area contributed by atoms with Crippen LogP contribution in [0.1, 0.15) is 43.0 Å². The number of aromatic nitrogens is 6. The molecule has 0 aliphatic carbocycles. The molecule has 54 heavy (non-hydrogen) atoms. The molecule has 0 fully saturated rings. The molecule has 0 bridgehead atoms. The Bertz CT molecular complexity index is 2160. The van der Waals surface area contributed by atoms with Crippen molar-refractivity contribution >= 4 is 29.5 Å². The summed E-state index contributed by atoms with van der Waals surface area (Å²) in [4.78, 5) is 22.0. The van der Waals surface area contributed by atoms with E-state index in [1.54, 1.807) is 29.6 Å². The number of amides is 1. The zero-order valence-corrected chi connectivity index (χ0v) is 32.6. The van der Waals surface area contributed by atoms with Crippen molar-refractivity contribution in [2.24, 2.45) is 5.73 Å². The Kier molecular flexibility index (Phi) is 14.3. The SMILES string of the molecule is COCCOc1cc2c(-c3ccc(CN(C(=O)O)C(C)(C)C)c(C)c3)ncnn2c1.COCCOc1cc2c(-c3ccc(CN)c(C)c3)ncnn2c1.Cl. The molecule has 0 aliphatic heterocycles. The molecule has 4 heterocycles. The number of hydrogen-bond donors (Lipinski definition) is 2. The molecule has 2 aromatic carbocycles. The van der Waals surface area contributed by atoms with Crippen molar-refractivity contribution in [1.29, 1.82) is 0 Å². The number of carboxylic acid groups (broad SMARTS) is 1. The molecule has 0 aliphatic rings. The quantitative estimate of drug-likeness (QED) is 0.122. The molecule has 15 heteroatoms. The average Bonchev–Trinajstić information content (AvgIpc) is 3.74. The number of halogens is 1. The van der Waals surface area contributed by atoms with Crippen LogP contribution in [0.5, 0.6) is 11.5 Å². The van der Waals surface area contributed by atoms with Gasteiger partial charge in [-0.15, -0.1) is 12.4 Å². The molecule has 14 nitrogen and oxygen atoms in total. The highest BCUT2D eigenvalue weighted by Gasteiger charge is 2.26. The first-order valence-electron chi connectivity index (χ1n) is 17.2. The van der Waals surface area contributed by atoms with Gasteiger partial charge < -0.3 is 29.8 Å². The molecule has 0 atom stereocenters. The summed E-state index contributed by atoms with van der Waals surface area (Å²) in [6.07, 6.45) is 5.78. The first kappa shape index (κ1) is 41.5. The summed E-state index contributed by atoms with van der Waals surface area (Å²) in [6, 6.07) is 16.0. The highest BCUT2D eigenvalue weighted by atomic mass is 35.5. The third kappa shape index (κ3) is 10.0. The second-order valence-corrected chi connectivity index (χ2v) is 13.4. The van der Waals surface area contributed by atoms with E-state index in [2.05, 4.69) is 33.2 Å². The maximum absolute atomic E-state index is 11.7. The van der Waals surface area contributed by atoms with E-state index in [0.29, 0.717) is 45.3 Å². The molecule has 3 N–H and O–H groups in total. The Morgan fingerprint density at radius 3 is 1.61 bits per heavy atom. The number of hydrogen-bond acceptors (Lipinski definition) is 10. The summed E-state index contributed by atoms with van der Waals surface area (Å²) in [5.41, 5.74) is 14.9. The third-order valence-electron chi connectivity index (χ3n) is 8.70. The van der Waals surface area contributed by atoms with Crippen molar-refractivity contribution in [3.8, 4) is 34.0 Å². The van der Waals surface area contributed by atoms with E-state index in [1.165, 1.54) is 11.2 Å². The van der Waals surface area contributed by atoms with E-state index >= 15 is 0 Å². The van der Waals surface area contributed by atoms with Gasteiger partial charge in [-0.1, -0.05) is 24.3 Å². The van der Waals surface area contributed by atoms with Crippen molar-refractivity contribution in [3.63, 3.8) is 0 Å². The van der Waals surface area contributed by atoms with Gasteiger partial charge in [-0.05, 0) is 69.0 Å². The van der Waals surface area contributed by atoms with Gasteiger partial charge in [0.1, 0.15) is 37.4 Å². The Hall–Kier alpha value is -5.28. The van der Waals surface area contributed by atoms with Gasteiger partial charge in [0.2, 0.25) is 0 Å². The second-order valence-electron chi connectivity index (χ2n) is 13.4. The highest BCUT2D eigenvalue weighted by Crippen LogP contribution is 2.30. The van der Waals surface area contributed by atoms with Crippen LogP contribution in [0.3, 0.4) is 0 Å². The molecule has 4 aromatic heterocycles. The lowest BCUT2D eigenvalue weighted by molar-refractivity contribution is 0.0954. The first-order chi connectivity index (χ1) is 25.4. The number of benzene rings is 2. The normalized spacial score (nSPS) is 11.2. The van der Waals surface area contributed by atoms with E-state index < -0.39 is 11.6 Å². The second kappa shape index (κ2) is 18.7. The number of fused-ring (bicyclic) bond motifs is 2. The van der Waals surface area contributed by atoms with E-state index in [1.807, 2.05) is 82.6 Å². The van der Waals surface area contributed by atoms with Crippen molar-refractivity contribution < 1.29 is 28.8 Å². The molecular weight excluding hydrogens is 712 g/mol. The fourth-order valence-corrected chi connectivity index (χ4v) is 5.76. The standard InChI is InChI=1S/C22H28N4O4.C17H20N4O2.ClH/c1-15-10-16(6-7-17(15)12-25(21(27)28)22(2,3)4)20-19-11-18(30-9-8-29-5)13-26(19)24-14-23-20;1-12-7-13(3-4-14(12)9-18)17-16-8-15(23-6-5-22-2)10-21(16)20-11-19-17;/h6-7,10-11,13-14H,8-9,12H2,1-5H3,(H,27,28);3-4,7-8,10-11H,5-6,9,18H2,1-2H3;1H. The van der Waals surface area contributed by atoms with Gasteiger partial charge in [0.05, 0.1) is 48.0 Å². The van der Waals surface area contributed by atoms with Gasteiger partial charge in [-0.25, -0.2) is 23.8 Å². The van der Waals surface area contributed by atoms with Crippen LogP contribution in [0.25, 0.3) is 33.5 Å². The molecule has 0 spiro atoms. The number of aryl methyl sites for hydroxylation is 2. The lowest BCUT2D eigenvalue weighted by atomic mass is 10.00. The maximum Gasteiger partial charge on any atom is 0.408 e. The number of methoxy groups -OCH3 is 2. The predicted octanol–water partition coefficient (Wildman–Crippen LogP) is 6.62. The lowest BCUT2D eigenvalue weighted by Crippen LogP contribution is -2.44. The fourth-order valence-electron chi connectivity index (χ4n) is 5.76. The highest BCUT2D eigenvalue weighted by molar-refractivity contribution is 5.85. The predicted molar refractivity (Wildman–Crippen MR) is 210 cm³/mol. The Morgan fingerprint density at radius 1 is 0.759 bits per heavy atom. The van der Waals surface area contributed by atoms with Crippen LogP contribution >= 0.6 is 12.4 Å². The van der Waals surface area contributed by atoms with Crippen LogP contribution in [-0.4, -0.2) is 91.5 Å². The summed E-state index contributed by atoms with van der Waals surface area (Å²) in [6.45, 7) is 12.6. The van der Waals surface area contributed by atoms with Crippen LogP contribution in [0.2, 0.25) is 0 Å². The van der Waals surface area contributed by atoms with E-state index in [9.17, 15) is 9.90 Å². The molecule has 0 radical (unpaired) electrons. The van der Waals surface area contributed by atoms with Crippen LogP contribution in [0.4, 0.5) is 4.79 Å². The van der Waals surface area contributed by atoms with Crippen LogP contribution in [0, 0.1) is 13.8 Å². The summed E-state index contributed by atoms with van der Waals surface area (Å²) in [7, 11) is 3.28. The molecular formula is C39H49ClN8O6. The van der Waals surface area contributed by atoms with Crippen molar-refractivity contribution in [2.45, 2.75) is 53.2 Å². The number of rotatable bonds is 13. The summed E-state index contributed by atoms with van der Waals surface area (Å²) < 4.78 is 24.9. The maximum atomic E-state index is 11.7. The Balaban J connectivity index is 0.000000244. The van der Waals surface area contributed by atoms with E-state index in [-0.39, 0.29) is 12.4 Å². The van der Waals surface area contributed by atoms with Gasteiger partial charge in [0.25, 0.3) is 0 Å². The van der Waals surface area contributed by atoms with Gasteiger partial charge >= 0.3 is 6.09 Å². The fraction of sp³-hybridized carbons (Fsp3) is 0.359. The Morgan fingerprint density at radius 2 is 1.22 bits per heavy atom. The van der Waals surface area contributed by atoms with Crippen LogP contribution in [0.15, 0.2) is 73.6 Å². The van der Waals surface area contributed by atoms with Gasteiger partial charge in [-0.2, -0.15) is 10.2 Å². The summed E-state index contributed by atoms with van der Waals surface area (Å²) in [5, 5.41) is 18.1. The zero-order valence-electron chi connectivity index (χ0n) is 31.8. The summed E-state index contributed by atoms with van der Waals surface area (Å²) >= 11 is 0. The monoisotopic (exact) mass is 760 g/mol. The molecule has 0 saturated carbocycles. The van der Waals surface area contributed by atoms with Crippen molar-refractivity contribution in [3.05, 3.63) is 95.8 Å². The minimum Gasteiger partial charge on any atom is -0.489 e. The smallest absolute Gasteiger partial charge is 0.408 e. The zero-order chi connectivity index (χ0) is 38.1. The minimum absolute atomic E-state index is 0. The lowest BCUT2D eigenvalue weighted by Gasteiger charge is -2.33. The largest absolute Gasteiger partial charge is 0.489 e. The molecule has 0 unspecified atom stereocenters. The van der Waals surface area contributed by atoms with E-state index in [4.69, 9.17) is 24.7 Å². The van der Waals surface area contributed by atoms with Gasteiger partial charge in [-0.3, -0.25) is 4.90 Å². The summed E-state index contributed by atoms with van der Waals surface area (Å²) in [5.74, 6) is 1.45. The average molecular weight is 761 g/mol. The molecule has 6 aromatic rings. The van der Waals surface area contributed by atoms with Crippen LogP contribution in [-0.2, 0) is 22.6 Å². The number of nitrogens with two attached hydrogens (primary N) is 1. The number of ether oxygens (including phenoxy) is 4. The number of nitrogens with zero attached hydrogens (tertiary/aromatic N) is 7. The Labute approximate surface area is 321 Å². The third-order valence-corrected chi connectivity index (χ3v) is 8.70. The van der Waals surface area contributed by atoms with Crippen LogP contribution < -0.4 is 15.2 Å². The van der Waals surface area contributed by atoms with Crippen molar-refractivity contribution in [2.75, 3.05) is 40.6 Å². The van der Waals surface area contributed by atoms with Gasteiger partial charge in [0.15, 0.2) is 0 Å². The molecule has 6 rings (SSSR count). The minimum atomic E-state index is -0.933. The van der Waals surface area contributed by atoms with E-state index in [0.717, 1.165) is 61.6 Å². The van der Waals surface area contributed by atoms with Crippen molar-refractivity contribution in [1.82, 2.24) is 34.1 Å². The topological polar surface area (TPSA) is 164 Å². The van der Waals surface area contributed by atoms with Gasteiger partial charge in [0, 0.05) is 56.1 Å².